The van der Waals surface area contributed by atoms with E-state index in [2.05, 4.69) is 73.8 Å². The summed E-state index contributed by atoms with van der Waals surface area (Å²) in [5, 5.41) is 3.56. The molecule has 0 aliphatic carbocycles. The molecule has 2 atom stereocenters. The molecule has 2 aromatic rings. The van der Waals surface area contributed by atoms with Crippen LogP contribution in [-0.4, -0.2) is 6.54 Å². The van der Waals surface area contributed by atoms with Gasteiger partial charge >= 0.3 is 0 Å². The third kappa shape index (κ3) is 1.94. The monoisotopic (exact) mass is 251 g/mol. The molecule has 0 aromatic heterocycles. The highest BCUT2D eigenvalue weighted by Gasteiger charge is 2.38. The molecule has 2 unspecified atom stereocenters. The smallest absolute Gasteiger partial charge is 0.0376 e. The van der Waals surface area contributed by atoms with Crippen LogP contribution in [0.5, 0.6) is 0 Å². The Morgan fingerprint density at radius 2 is 1.74 bits per heavy atom. The fourth-order valence-electron chi connectivity index (χ4n) is 3.32. The number of anilines is 1. The molecule has 0 radical (unpaired) electrons. The van der Waals surface area contributed by atoms with E-state index in [-0.39, 0.29) is 5.41 Å². The van der Waals surface area contributed by atoms with Gasteiger partial charge in [-0.2, -0.15) is 0 Å². The van der Waals surface area contributed by atoms with Gasteiger partial charge in [-0.15, -0.1) is 0 Å². The van der Waals surface area contributed by atoms with Crippen molar-refractivity contribution in [1.82, 2.24) is 0 Å². The van der Waals surface area contributed by atoms with Crippen LogP contribution in [0.25, 0.3) is 0 Å². The lowest BCUT2D eigenvalue weighted by Crippen LogP contribution is -2.31. The highest BCUT2D eigenvalue weighted by molar-refractivity contribution is 5.59. The number of benzene rings is 2. The molecule has 1 N–H and O–H groups in total. The van der Waals surface area contributed by atoms with Crippen LogP contribution >= 0.6 is 0 Å². The van der Waals surface area contributed by atoms with Crippen LogP contribution in [0.3, 0.4) is 0 Å². The first kappa shape index (κ1) is 12.3. The minimum absolute atomic E-state index is 0.195. The second-order valence-electron chi connectivity index (χ2n) is 5.66. The fourth-order valence-corrected chi connectivity index (χ4v) is 3.32. The maximum absolute atomic E-state index is 3.56. The molecule has 1 aliphatic heterocycles. The highest BCUT2D eigenvalue weighted by Crippen LogP contribution is 2.46. The Morgan fingerprint density at radius 1 is 1.05 bits per heavy atom. The van der Waals surface area contributed by atoms with Gasteiger partial charge in [0.25, 0.3) is 0 Å². The summed E-state index contributed by atoms with van der Waals surface area (Å²) in [7, 11) is 0. The van der Waals surface area contributed by atoms with Crippen molar-refractivity contribution in [3.05, 3.63) is 65.7 Å². The van der Waals surface area contributed by atoms with Crippen molar-refractivity contribution in [3.63, 3.8) is 0 Å². The lowest BCUT2D eigenvalue weighted by atomic mass is 9.68. The van der Waals surface area contributed by atoms with E-state index in [1.807, 2.05) is 0 Å². The Morgan fingerprint density at radius 3 is 2.47 bits per heavy atom. The fraction of sp³-hybridized carbons (Fsp3) is 0.333. The minimum atomic E-state index is 0.195. The third-order valence-electron chi connectivity index (χ3n) is 4.77. The molecule has 0 saturated heterocycles. The number of rotatable bonds is 3. The highest BCUT2D eigenvalue weighted by atomic mass is 14.9. The molecule has 1 heteroatoms. The number of fused-ring (bicyclic) bond motifs is 1. The largest absolute Gasteiger partial charge is 0.384 e. The molecule has 0 saturated carbocycles. The maximum Gasteiger partial charge on any atom is 0.0376 e. The van der Waals surface area contributed by atoms with Crippen LogP contribution in [0, 0.1) is 0 Å². The summed E-state index contributed by atoms with van der Waals surface area (Å²) >= 11 is 0. The molecule has 0 bridgehead atoms. The summed E-state index contributed by atoms with van der Waals surface area (Å²) in [5.74, 6) is 0.552. The molecular weight excluding hydrogens is 230 g/mol. The minimum Gasteiger partial charge on any atom is -0.384 e. The van der Waals surface area contributed by atoms with Crippen molar-refractivity contribution in [1.29, 1.82) is 0 Å². The van der Waals surface area contributed by atoms with E-state index in [4.69, 9.17) is 0 Å². The Balaban J connectivity index is 2.05. The average Bonchev–Trinajstić information content (AvgIpc) is 2.92. The lowest BCUT2D eigenvalue weighted by molar-refractivity contribution is 0.381. The molecular formula is C18H21N. The molecule has 98 valence electrons. The normalized spacial score (nSPS) is 20.4. The average molecular weight is 251 g/mol. The van der Waals surface area contributed by atoms with E-state index < -0.39 is 0 Å². The Bertz CT molecular complexity index is 561. The zero-order valence-corrected chi connectivity index (χ0v) is 11.7. The zero-order chi connectivity index (χ0) is 13.3. The van der Waals surface area contributed by atoms with Crippen LogP contribution in [0.4, 0.5) is 5.69 Å². The molecule has 1 aliphatic rings. The van der Waals surface area contributed by atoms with Crippen LogP contribution in [0.1, 0.15) is 37.3 Å². The Kier molecular flexibility index (Phi) is 3.06. The topological polar surface area (TPSA) is 12.0 Å². The first-order valence-electron chi connectivity index (χ1n) is 7.14. The first-order chi connectivity index (χ1) is 9.25. The van der Waals surface area contributed by atoms with Gasteiger partial charge in [0.05, 0.1) is 0 Å². The van der Waals surface area contributed by atoms with E-state index >= 15 is 0 Å². The van der Waals surface area contributed by atoms with Gasteiger partial charge in [-0.25, -0.2) is 0 Å². The summed E-state index contributed by atoms with van der Waals surface area (Å²) in [6.07, 6.45) is 1.15. The van der Waals surface area contributed by atoms with Crippen LogP contribution in [0.2, 0.25) is 0 Å². The van der Waals surface area contributed by atoms with Gasteiger partial charge in [-0.3, -0.25) is 0 Å². The lowest BCUT2D eigenvalue weighted by Gasteiger charge is -2.35. The number of hydrogen-bond donors (Lipinski definition) is 1. The molecule has 0 fully saturated rings. The Labute approximate surface area is 115 Å². The van der Waals surface area contributed by atoms with Crippen molar-refractivity contribution in [3.8, 4) is 0 Å². The van der Waals surface area contributed by atoms with Gasteiger partial charge in [0.2, 0.25) is 0 Å². The van der Waals surface area contributed by atoms with Crippen molar-refractivity contribution in [2.45, 2.75) is 31.6 Å². The summed E-state index contributed by atoms with van der Waals surface area (Å²) < 4.78 is 0. The van der Waals surface area contributed by atoms with E-state index in [0.29, 0.717) is 5.92 Å². The molecule has 1 heterocycles. The van der Waals surface area contributed by atoms with Gasteiger partial charge in [0.1, 0.15) is 0 Å². The van der Waals surface area contributed by atoms with Crippen LogP contribution in [-0.2, 0) is 5.41 Å². The maximum atomic E-state index is 3.56. The Hall–Kier alpha value is -1.76. The summed E-state index contributed by atoms with van der Waals surface area (Å²) in [6.45, 7) is 5.74. The van der Waals surface area contributed by atoms with Gasteiger partial charge in [0, 0.05) is 23.6 Å². The predicted molar refractivity (Wildman–Crippen MR) is 81.8 cm³/mol. The molecule has 1 nitrogen and oxygen atoms in total. The van der Waals surface area contributed by atoms with Crippen LogP contribution in [0.15, 0.2) is 54.6 Å². The van der Waals surface area contributed by atoms with Crippen LogP contribution < -0.4 is 5.32 Å². The number of hydrogen-bond acceptors (Lipinski definition) is 1. The third-order valence-corrected chi connectivity index (χ3v) is 4.77. The zero-order valence-electron chi connectivity index (χ0n) is 11.7. The van der Waals surface area contributed by atoms with Crippen molar-refractivity contribution in [2.24, 2.45) is 0 Å². The second-order valence-corrected chi connectivity index (χ2v) is 5.66. The SMILES string of the molecule is CCC(C)(c1ccccc1)C1CNc2ccccc21. The second kappa shape index (κ2) is 4.73. The van der Waals surface area contributed by atoms with E-state index in [1.165, 1.54) is 16.8 Å². The quantitative estimate of drug-likeness (QED) is 0.843. The van der Waals surface area contributed by atoms with Gasteiger partial charge in [-0.1, -0.05) is 62.4 Å². The van der Waals surface area contributed by atoms with Crippen molar-refractivity contribution < 1.29 is 0 Å². The molecule has 0 amide bonds. The van der Waals surface area contributed by atoms with Crippen molar-refractivity contribution in [2.75, 3.05) is 11.9 Å². The van der Waals surface area contributed by atoms with Gasteiger partial charge < -0.3 is 5.32 Å². The number of nitrogens with one attached hydrogen (secondary N) is 1. The standard InChI is InChI=1S/C18H21N/c1-3-18(2,14-9-5-4-6-10-14)16-13-19-17-12-8-7-11-15(16)17/h4-12,16,19H,3,13H2,1-2H3. The van der Waals surface area contributed by atoms with Gasteiger partial charge in [0.15, 0.2) is 0 Å². The van der Waals surface area contributed by atoms with E-state index in [9.17, 15) is 0 Å². The summed E-state index contributed by atoms with van der Waals surface area (Å²) in [6, 6.07) is 19.7. The van der Waals surface area contributed by atoms with E-state index in [0.717, 1.165) is 13.0 Å². The summed E-state index contributed by atoms with van der Waals surface area (Å²) in [5.41, 5.74) is 4.42. The van der Waals surface area contributed by atoms with Gasteiger partial charge in [-0.05, 0) is 23.6 Å². The van der Waals surface area contributed by atoms with E-state index in [1.54, 1.807) is 0 Å². The molecule has 19 heavy (non-hydrogen) atoms. The summed E-state index contributed by atoms with van der Waals surface area (Å²) in [4.78, 5) is 0. The molecule has 0 spiro atoms. The first-order valence-corrected chi connectivity index (χ1v) is 7.14. The van der Waals surface area contributed by atoms with Crippen molar-refractivity contribution >= 4 is 5.69 Å². The molecule has 3 rings (SSSR count). The number of para-hydroxylation sites is 1. The predicted octanol–water partition coefficient (Wildman–Crippen LogP) is 4.56. The molecule has 2 aromatic carbocycles.